The minimum atomic E-state index is 0.570. The molecule has 0 aromatic carbocycles. The SMILES string of the molecule is CN=C(NCCCn1cccn1)NCCc1nc(-c2ccco2)n[nH]1. The van der Waals surface area contributed by atoms with Gasteiger partial charge >= 0.3 is 0 Å². The number of furan rings is 1. The highest BCUT2D eigenvalue weighted by Gasteiger charge is 2.08. The Balaban J connectivity index is 1.35. The zero-order valence-electron chi connectivity index (χ0n) is 14.1. The molecule has 0 amide bonds. The van der Waals surface area contributed by atoms with E-state index in [1.54, 1.807) is 19.5 Å². The zero-order valence-corrected chi connectivity index (χ0v) is 14.1. The summed E-state index contributed by atoms with van der Waals surface area (Å²) in [4.78, 5) is 8.62. The van der Waals surface area contributed by atoms with Gasteiger partial charge < -0.3 is 15.1 Å². The normalized spacial score (nSPS) is 11.6. The second-order valence-corrected chi connectivity index (χ2v) is 5.38. The van der Waals surface area contributed by atoms with Crippen LogP contribution in [0.15, 0.2) is 46.3 Å². The van der Waals surface area contributed by atoms with E-state index in [4.69, 9.17) is 4.42 Å². The van der Waals surface area contributed by atoms with Gasteiger partial charge in [-0.2, -0.15) is 10.2 Å². The first-order chi connectivity index (χ1) is 12.3. The molecule has 0 unspecified atom stereocenters. The summed E-state index contributed by atoms with van der Waals surface area (Å²) in [6.45, 7) is 2.40. The van der Waals surface area contributed by atoms with Crippen LogP contribution in [-0.2, 0) is 13.0 Å². The van der Waals surface area contributed by atoms with Crippen LogP contribution >= 0.6 is 0 Å². The molecule has 132 valence electrons. The first-order valence-corrected chi connectivity index (χ1v) is 8.22. The lowest BCUT2D eigenvalue weighted by Gasteiger charge is -2.11. The lowest BCUT2D eigenvalue weighted by Crippen LogP contribution is -2.39. The predicted molar refractivity (Wildman–Crippen MR) is 94.0 cm³/mol. The molecule has 9 heteroatoms. The molecule has 0 radical (unpaired) electrons. The number of rotatable bonds is 8. The van der Waals surface area contributed by atoms with Crippen molar-refractivity contribution in [3.63, 3.8) is 0 Å². The molecule has 3 heterocycles. The molecule has 0 bridgehead atoms. The quantitative estimate of drug-likeness (QED) is 0.321. The van der Waals surface area contributed by atoms with E-state index >= 15 is 0 Å². The van der Waals surface area contributed by atoms with E-state index in [0.29, 0.717) is 24.6 Å². The Hall–Kier alpha value is -3.10. The molecule has 0 spiro atoms. The summed E-state index contributed by atoms with van der Waals surface area (Å²) in [5.74, 6) is 2.80. The van der Waals surface area contributed by atoms with E-state index in [0.717, 1.165) is 31.3 Å². The van der Waals surface area contributed by atoms with Gasteiger partial charge in [-0.1, -0.05) is 0 Å². The van der Waals surface area contributed by atoms with Gasteiger partial charge in [0.2, 0.25) is 5.82 Å². The van der Waals surface area contributed by atoms with Crippen LogP contribution < -0.4 is 10.6 Å². The third kappa shape index (κ3) is 4.93. The molecule has 3 aromatic heterocycles. The third-order valence-corrected chi connectivity index (χ3v) is 3.57. The molecular formula is C16H22N8O. The summed E-state index contributed by atoms with van der Waals surface area (Å²) in [6.07, 6.45) is 7.03. The van der Waals surface area contributed by atoms with Crippen molar-refractivity contribution in [3.05, 3.63) is 42.7 Å². The average molecular weight is 342 g/mol. The highest BCUT2D eigenvalue weighted by Crippen LogP contribution is 2.14. The molecule has 9 nitrogen and oxygen atoms in total. The highest BCUT2D eigenvalue weighted by molar-refractivity contribution is 5.79. The summed E-state index contributed by atoms with van der Waals surface area (Å²) in [5.41, 5.74) is 0. The molecule has 25 heavy (non-hydrogen) atoms. The Morgan fingerprint density at radius 3 is 3.00 bits per heavy atom. The average Bonchev–Trinajstić information content (AvgIpc) is 3.39. The number of hydrogen-bond donors (Lipinski definition) is 3. The molecule has 0 aliphatic heterocycles. The fourth-order valence-electron chi connectivity index (χ4n) is 2.32. The van der Waals surface area contributed by atoms with E-state index in [9.17, 15) is 0 Å². The Bertz CT molecular complexity index is 760. The maximum Gasteiger partial charge on any atom is 0.216 e. The molecule has 0 fully saturated rings. The molecule has 0 aliphatic carbocycles. The van der Waals surface area contributed by atoms with E-state index in [1.807, 2.05) is 29.1 Å². The van der Waals surface area contributed by atoms with E-state index in [2.05, 4.69) is 35.9 Å². The summed E-state index contributed by atoms with van der Waals surface area (Å²) >= 11 is 0. The summed E-state index contributed by atoms with van der Waals surface area (Å²) in [6, 6.07) is 5.57. The van der Waals surface area contributed by atoms with Gasteiger partial charge in [-0.15, -0.1) is 0 Å². The van der Waals surface area contributed by atoms with Crippen molar-refractivity contribution in [1.29, 1.82) is 0 Å². The monoisotopic (exact) mass is 342 g/mol. The molecule has 3 aromatic rings. The number of nitrogens with one attached hydrogen (secondary N) is 3. The van der Waals surface area contributed by atoms with Gasteiger partial charge in [-0.25, -0.2) is 4.98 Å². The van der Waals surface area contributed by atoms with E-state index in [-0.39, 0.29) is 0 Å². The number of aliphatic imine (C=N–C) groups is 1. The predicted octanol–water partition coefficient (Wildman–Crippen LogP) is 1.06. The van der Waals surface area contributed by atoms with Gasteiger partial charge in [0.25, 0.3) is 0 Å². The molecular weight excluding hydrogens is 320 g/mol. The standard InChI is InChI=1S/C16H22N8O/c1-17-16(18-7-3-10-24-11-4-8-20-24)19-9-6-14-21-15(23-22-14)13-5-2-12-25-13/h2,4-5,8,11-12H,3,6-7,9-10H2,1H3,(H2,17,18,19)(H,21,22,23). The maximum absolute atomic E-state index is 5.28. The molecule has 0 saturated heterocycles. The van der Waals surface area contributed by atoms with Gasteiger partial charge in [0, 0.05) is 45.5 Å². The maximum atomic E-state index is 5.28. The molecule has 3 N–H and O–H groups in total. The number of aryl methyl sites for hydroxylation is 1. The topological polar surface area (TPSA) is 109 Å². The van der Waals surface area contributed by atoms with Gasteiger partial charge in [0.1, 0.15) is 5.82 Å². The number of aromatic nitrogens is 5. The van der Waals surface area contributed by atoms with Gasteiger partial charge in [0.05, 0.1) is 6.26 Å². The molecule has 0 aliphatic rings. The van der Waals surface area contributed by atoms with Crippen molar-refractivity contribution in [2.45, 2.75) is 19.4 Å². The minimum absolute atomic E-state index is 0.570. The smallest absolute Gasteiger partial charge is 0.216 e. The van der Waals surface area contributed by atoms with Crippen LogP contribution in [0.4, 0.5) is 0 Å². The van der Waals surface area contributed by atoms with Crippen LogP contribution in [0.2, 0.25) is 0 Å². The molecule has 0 atom stereocenters. The van der Waals surface area contributed by atoms with Crippen LogP contribution in [0.5, 0.6) is 0 Å². The van der Waals surface area contributed by atoms with Crippen LogP contribution in [0.1, 0.15) is 12.2 Å². The van der Waals surface area contributed by atoms with Gasteiger partial charge in [0.15, 0.2) is 11.7 Å². The summed E-state index contributed by atoms with van der Waals surface area (Å²) in [5, 5.41) is 17.8. The fraction of sp³-hybridized carbons (Fsp3) is 0.375. The van der Waals surface area contributed by atoms with Crippen LogP contribution in [0.25, 0.3) is 11.6 Å². The largest absolute Gasteiger partial charge is 0.461 e. The Morgan fingerprint density at radius 2 is 2.24 bits per heavy atom. The number of H-pyrrole nitrogens is 1. The third-order valence-electron chi connectivity index (χ3n) is 3.57. The number of guanidine groups is 1. The second-order valence-electron chi connectivity index (χ2n) is 5.38. The Kier molecular flexibility index (Phi) is 5.81. The highest BCUT2D eigenvalue weighted by atomic mass is 16.3. The lowest BCUT2D eigenvalue weighted by atomic mass is 10.4. The summed E-state index contributed by atoms with van der Waals surface area (Å²) in [7, 11) is 1.76. The molecule has 3 rings (SSSR count). The summed E-state index contributed by atoms with van der Waals surface area (Å²) < 4.78 is 7.19. The lowest BCUT2D eigenvalue weighted by molar-refractivity contribution is 0.570. The van der Waals surface area contributed by atoms with Crippen molar-refractivity contribution >= 4 is 5.96 Å². The van der Waals surface area contributed by atoms with Crippen molar-refractivity contribution in [2.24, 2.45) is 4.99 Å². The first kappa shape index (κ1) is 16.7. The van der Waals surface area contributed by atoms with Crippen LogP contribution in [0.3, 0.4) is 0 Å². The zero-order chi connectivity index (χ0) is 17.3. The van der Waals surface area contributed by atoms with Gasteiger partial charge in [-0.3, -0.25) is 14.8 Å². The minimum Gasteiger partial charge on any atom is -0.461 e. The Morgan fingerprint density at radius 1 is 1.32 bits per heavy atom. The van der Waals surface area contributed by atoms with Crippen LogP contribution in [-0.4, -0.2) is 51.1 Å². The van der Waals surface area contributed by atoms with Crippen molar-refractivity contribution in [2.75, 3.05) is 20.1 Å². The Labute approximate surface area is 145 Å². The van der Waals surface area contributed by atoms with E-state index in [1.165, 1.54) is 0 Å². The number of nitrogens with zero attached hydrogens (tertiary/aromatic N) is 5. The second kappa shape index (κ2) is 8.67. The molecule has 0 saturated carbocycles. The number of aromatic amines is 1. The first-order valence-electron chi connectivity index (χ1n) is 8.22. The van der Waals surface area contributed by atoms with Gasteiger partial charge in [-0.05, 0) is 24.6 Å². The van der Waals surface area contributed by atoms with Crippen molar-refractivity contribution in [1.82, 2.24) is 35.6 Å². The number of hydrogen-bond acceptors (Lipinski definition) is 5. The van der Waals surface area contributed by atoms with Crippen molar-refractivity contribution < 1.29 is 4.42 Å². The van der Waals surface area contributed by atoms with Crippen molar-refractivity contribution in [3.8, 4) is 11.6 Å². The fourth-order valence-corrected chi connectivity index (χ4v) is 2.32. The van der Waals surface area contributed by atoms with Crippen LogP contribution in [0, 0.1) is 0 Å². The van der Waals surface area contributed by atoms with E-state index < -0.39 is 0 Å².